The van der Waals surface area contributed by atoms with Crippen molar-refractivity contribution < 1.29 is 4.74 Å². The Labute approximate surface area is 101 Å². The maximum Gasteiger partial charge on any atom is 0.0694 e. The summed E-state index contributed by atoms with van der Waals surface area (Å²) in [6, 6.07) is 4.37. The summed E-state index contributed by atoms with van der Waals surface area (Å²) < 4.78 is 4.96. The molecule has 0 aliphatic rings. The second-order valence-corrected chi connectivity index (χ2v) is 5.28. The third-order valence-corrected chi connectivity index (χ3v) is 3.59. The van der Waals surface area contributed by atoms with Crippen LogP contribution in [0.5, 0.6) is 0 Å². The van der Waals surface area contributed by atoms with Crippen LogP contribution in [0.4, 0.5) is 0 Å². The Kier molecular flexibility index (Phi) is 6.25. The highest BCUT2D eigenvalue weighted by Crippen LogP contribution is 2.16. The minimum Gasteiger partial charge on any atom is -0.383 e. The van der Waals surface area contributed by atoms with Crippen LogP contribution in [-0.2, 0) is 17.7 Å². The highest BCUT2D eigenvalue weighted by molar-refractivity contribution is 7.11. The second-order valence-electron chi connectivity index (χ2n) is 3.41. The smallest absolute Gasteiger partial charge is 0.0694 e. The Morgan fingerprint density at radius 2 is 2.20 bits per heavy atom. The number of ether oxygens (including phenoxy) is 1. The summed E-state index contributed by atoms with van der Waals surface area (Å²) in [7, 11) is 1.67. The summed E-state index contributed by atoms with van der Waals surface area (Å²) in [5, 5.41) is 3.38. The molecular weight excluding hydrogens is 230 g/mol. The third-order valence-electron chi connectivity index (χ3n) is 2.08. The van der Waals surface area contributed by atoms with Crippen molar-refractivity contribution in [2.45, 2.75) is 25.3 Å². The van der Waals surface area contributed by atoms with E-state index in [9.17, 15) is 0 Å². The monoisotopic (exact) mass is 247 g/mol. The van der Waals surface area contributed by atoms with Crippen LogP contribution in [-0.4, -0.2) is 25.6 Å². The average Bonchev–Trinajstić information content (AvgIpc) is 2.66. The Morgan fingerprint density at radius 3 is 2.80 bits per heavy atom. The molecule has 15 heavy (non-hydrogen) atoms. The molecule has 0 saturated heterocycles. The minimum atomic E-state index is 0.0561. The van der Waals surface area contributed by atoms with Crippen molar-refractivity contribution in [3.63, 3.8) is 0 Å². The molecular formula is C11H18ClNOS. The van der Waals surface area contributed by atoms with Crippen LogP contribution in [0, 0.1) is 0 Å². The summed E-state index contributed by atoms with van der Waals surface area (Å²) in [5.74, 6) is 0. The molecule has 1 heterocycles. The van der Waals surface area contributed by atoms with E-state index in [1.54, 1.807) is 7.11 Å². The molecule has 1 N–H and O–H groups in total. The Morgan fingerprint density at radius 1 is 1.47 bits per heavy atom. The van der Waals surface area contributed by atoms with Crippen LogP contribution < -0.4 is 5.32 Å². The topological polar surface area (TPSA) is 21.3 Å². The normalized spacial score (nSPS) is 13.0. The number of thiophene rings is 1. The summed E-state index contributed by atoms with van der Waals surface area (Å²) in [6.45, 7) is 4.46. The average molecular weight is 248 g/mol. The van der Waals surface area contributed by atoms with E-state index in [-0.39, 0.29) is 5.38 Å². The van der Waals surface area contributed by atoms with Gasteiger partial charge in [-0.05, 0) is 18.6 Å². The van der Waals surface area contributed by atoms with Gasteiger partial charge in [0.2, 0.25) is 0 Å². The fourth-order valence-electron chi connectivity index (χ4n) is 1.30. The Hall–Kier alpha value is -0.0900. The maximum absolute atomic E-state index is 6.00. The lowest BCUT2D eigenvalue weighted by Crippen LogP contribution is -2.25. The molecule has 0 amide bonds. The van der Waals surface area contributed by atoms with Gasteiger partial charge in [0.05, 0.1) is 12.0 Å². The molecule has 0 saturated carbocycles. The fraction of sp³-hybridized carbons (Fsp3) is 0.636. The van der Waals surface area contributed by atoms with Crippen molar-refractivity contribution in [3.8, 4) is 0 Å². The van der Waals surface area contributed by atoms with E-state index in [0.29, 0.717) is 6.61 Å². The number of nitrogens with one attached hydrogen (secondary N) is 1. The summed E-state index contributed by atoms with van der Waals surface area (Å²) >= 11 is 7.86. The van der Waals surface area contributed by atoms with E-state index in [1.165, 1.54) is 9.75 Å². The molecule has 0 aromatic carbocycles. The first-order valence-electron chi connectivity index (χ1n) is 5.17. The SMILES string of the molecule is CCc1ccc(CNCC(Cl)COC)s1. The summed E-state index contributed by atoms with van der Waals surface area (Å²) in [4.78, 5) is 2.80. The van der Waals surface area contributed by atoms with Crippen LogP contribution >= 0.6 is 22.9 Å². The van der Waals surface area contributed by atoms with Crippen molar-refractivity contribution in [1.82, 2.24) is 5.32 Å². The van der Waals surface area contributed by atoms with Gasteiger partial charge in [0.15, 0.2) is 0 Å². The van der Waals surface area contributed by atoms with Gasteiger partial charge in [0.25, 0.3) is 0 Å². The lowest BCUT2D eigenvalue weighted by atomic mass is 10.3. The van der Waals surface area contributed by atoms with Gasteiger partial charge in [-0.3, -0.25) is 0 Å². The zero-order chi connectivity index (χ0) is 11.1. The van der Waals surface area contributed by atoms with Crippen molar-refractivity contribution in [3.05, 3.63) is 21.9 Å². The number of hydrogen-bond acceptors (Lipinski definition) is 3. The van der Waals surface area contributed by atoms with Gasteiger partial charge in [0, 0.05) is 30.0 Å². The molecule has 1 rings (SSSR count). The molecule has 1 aromatic heterocycles. The first-order chi connectivity index (χ1) is 7.26. The minimum absolute atomic E-state index is 0.0561. The number of hydrogen-bond donors (Lipinski definition) is 1. The van der Waals surface area contributed by atoms with E-state index < -0.39 is 0 Å². The predicted octanol–water partition coefficient (Wildman–Crippen LogP) is 2.65. The third kappa shape index (κ3) is 4.98. The summed E-state index contributed by atoms with van der Waals surface area (Å²) in [5.41, 5.74) is 0. The zero-order valence-electron chi connectivity index (χ0n) is 9.25. The molecule has 0 fully saturated rings. The van der Waals surface area contributed by atoms with E-state index in [1.807, 2.05) is 11.3 Å². The van der Waals surface area contributed by atoms with Gasteiger partial charge in [-0.25, -0.2) is 0 Å². The number of methoxy groups -OCH3 is 1. The quantitative estimate of drug-likeness (QED) is 0.748. The lowest BCUT2D eigenvalue weighted by Gasteiger charge is -2.08. The molecule has 0 aliphatic heterocycles. The maximum atomic E-state index is 6.00. The Balaban J connectivity index is 2.19. The van der Waals surface area contributed by atoms with Crippen molar-refractivity contribution in [2.75, 3.05) is 20.3 Å². The van der Waals surface area contributed by atoms with Gasteiger partial charge >= 0.3 is 0 Å². The van der Waals surface area contributed by atoms with Crippen molar-refractivity contribution in [1.29, 1.82) is 0 Å². The van der Waals surface area contributed by atoms with Crippen LogP contribution in [0.15, 0.2) is 12.1 Å². The van der Waals surface area contributed by atoms with E-state index in [2.05, 4.69) is 24.4 Å². The molecule has 0 radical (unpaired) electrons. The number of alkyl halides is 1. The van der Waals surface area contributed by atoms with Gasteiger partial charge in [0.1, 0.15) is 0 Å². The largest absolute Gasteiger partial charge is 0.383 e. The van der Waals surface area contributed by atoms with Crippen LogP contribution in [0.25, 0.3) is 0 Å². The summed E-state index contributed by atoms with van der Waals surface area (Å²) in [6.07, 6.45) is 1.12. The second kappa shape index (κ2) is 7.23. The molecule has 0 spiro atoms. The molecule has 1 aromatic rings. The number of halogens is 1. The number of aryl methyl sites for hydroxylation is 1. The molecule has 4 heteroatoms. The molecule has 0 bridgehead atoms. The zero-order valence-corrected chi connectivity index (χ0v) is 10.8. The molecule has 1 atom stereocenters. The van der Waals surface area contributed by atoms with Crippen LogP contribution in [0.3, 0.4) is 0 Å². The van der Waals surface area contributed by atoms with Crippen LogP contribution in [0.1, 0.15) is 16.7 Å². The van der Waals surface area contributed by atoms with Gasteiger partial charge in [-0.15, -0.1) is 22.9 Å². The van der Waals surface area contributed by atoms with Gasteiger partial charge in [-0.1, -0.05) is 6.92 Å². The van der Waals surface area contributed by atoms with Crippen molar-refractivity contribution >= 4 is 22.9 Å². The standard InChI is InChI=1S/C11H18ClNOS/c1-3-10-4-5-11(15-10)7-13-6-9(12)8-14-2/h4-5,9,13H,3,6-8H2,1-2H3. The van der Waals surface area contributed by atoms with Crippen LogP contribution in [0.2, 0.25) is 0 Å². The van der Waals surface area contributed by atoms with Gasteiger partial charge in [-0.2, -0.15) is 0 Å². The highest BCUT2D eigenvalue weighted by Gasteiger charge is 2.03. The van der Waals surface area contributed by atoms with E-state index in [4.69, 9.17) is 16.3 Å². The molecule has 1 unspecified atom stereocenters. The fourth-order valence-corrected chi connectivity index (χ4v) is 2.46. The van der Waals surface area contributed by atoms with E-state index in [0.717, 1.165) is 19.5 Å². The van der Waals surface area contributed by atoms with E-state index >= 15 is 0 Å². The van der Waals surface area contributed by atoms with Gasteiger partial charge < -0.3 is 10.1 Å². The number of rotatable bonds is 7. The predicted molar refractivity (Wildman–Crippen MR) is 66.9 cm³/mol. The molecule has 0 aliphatic carbocycles. The first-order valence-corrected chi connectivity index (χ1v) is 6.42. The Bertz CT molecular complexity index is 277. The van der Waals surface area contributed by atoms with Crippen molar-refractivity contribution in [2.24, 2.45) is 0 Å². The first kappa shape index (κ1) is 13.0. The highest BCUT2D eigenvalue weighted by atomic mass is 35.5. The lowest BCUT2D eigenvalue weighted by molar-refractivity contribution is 0.197. The molecule has 86 valence electrons. The molecule has 2 nitrogen and oxygen atoms in total.